The number of aryl methyl sites for hydroxylation is 1. The minimum absolute atomic E-state index is 0.0582. The second kappa shape index (κ2) is 6.00. The van der Waals surface area contributed by atoms with E-state index in [4.69, 9.17) is 0 Å². The first-order chi connectivity index (χ1) is 9.52. The second-order valence-electron chi connectivity index (χ2n) is 5.19. The smallest absolute Gasteiger partial charge is 0.274 e. The zero-order chi connectivity index (χ0) is 14.7. The number of hydrogen-bond donors (Lipinski definition) is 2. The number of nitrogens with one attached hydrogen (secondary N) is 2. The van der Waals surface area contributed by atoms with Crippen LogP contribution in [-0.2, 0) is 11.2 Å². The van der Waals surface area contributed by atoms with Gasteiger partial charge in [-0.2, -0.15) is 0 Å². The van der Waals surface area contributed by atoms with E-state index in [9.17, 15) is 14.9 Å². The topological polar surface area (TPSA) is 84.3 Å². The molecular weight excluding hydrogens is 258 g/mol. The Morgan fingerprint density at radius 3 is 2.80 bits per heavy atom. The lowest BCUT2D eigenvalue weighted by molar-refractivity contribution is -0.385. The second-order valence-corrected chi connectivity index (χ2v) is 5.19. The van der Waals surface area contributed by atoms with Crippen LogP contribution in [0, 0.1) is 22.0 Å². The summed E-state index contributed by atoms with van der Waals surface area (Å²) in [5.74, 6) is 0.112. The monoisotopic (exact) mass is 277 g/mol. The van der Waals surface area contributed by atoms with Crippen molar-refractivity contribution in [1.82, 2.24) is 5.32 Å². The third-order valence-electron chi connectivity index (χ3n) is 3.78. The van der Waals surface area contributed by atoms with Gasteiger partial charge in [0.25, 0.3) is 5.69 Å². The Labute approximate surface area is 117 Å². The molecule has 20 heavy (non-hydrogen) atoms. The van der Waals surface area contributed by atoms with E-state index in [0.717, 1.165) is 6.54 Å². The van der Waals surface area contributed by atoms with Gasteiger partial charge in [0.15, 0.2) is 0 Å². The van der Waals surface area contributed by atoms with E-state index < -0.39 is 4.92 Å². The standard InChI is InChI=1S/C14H19N3O3/c1-3-10-4-5-11(6-13(10)17(19)20)16-14(18)12-8-15-7-9(12)2/h4-6,9,12,15H,3,7-8H2,1-2H3,(H,16,18). The molecule has 6 heteroatoms. The maximum Gasteiger partial charge on any atom is 0.274 e. The van der Waals surface area contributed by atoms with Crippen LogP contribution < -0.4 is 10.6 Å². The molecule has 0 radical (unpaired) electrons. The van der Waals surface area contributed by atoms with Crippen molar-refractivity contribution >= 4 is 17.3 Å². The summed E-state index contributed by atoms with van der Waals surface area (Å²) in [7, 11) is 0. The first kappa shape index (κ1) is 14.5. The molecule has 1 aliphatic heterocycles. The van der Waals surface area contributed by atoms with Crippen LogP contribution in [-0.4, -0.2) is 23.9 Å². The summed E-state index contributed by atoms with van der Waals surface area (Å²) in [5, 5.41) is 17.0. The normalized spacial score (nSPS) is 21.7. The number of nitro benzene ring substituents is 1. The zero-order valence-electron chi connectivity index (χ0n) is 11.7. The van der Waals surface area contributed by atoms with E-state index in [1.54, 1.807) is 12.1 Å². The molecule has 0 bridgehead atoms. The number of carbonyl (C=O) groups excluding carboxylic acids is 1. The van der Waals surface area contributed by atoms with Crippen molar-refractivity contribution in [2.75, 3.05) is 18.4 Å². The number of rotatable bonds is 4. The molecule has 1 heterocycles. The van der Waals surface area contributed by atoms with Gasteiger partial charge in [0.05, 0.1) is 10.8 Å². The van der Waals surface area contributed by atoms with Crippen molar-refractivity contribution in [1.29, 1.82) is 0 Å². The molecule has 0 aromatic heterocycles. The van der Waals surface area contributed by atoms with Gasteiger partial charge in [0.1, 0.15) is 0 Å². The van der Waals surface area contributed by atoms with E-state index in [0.29, 0.717) is 24.2 Å². The molecule has 1 aromatic carbocycles. The molecule has 108 valence electrons. The van der Waals surface area contributed by atoms with Crippen LogP contribution in [0.15, 0.2) is 18.2 Å². The fraction of sp³-hybridized carbons (Fsp3) is 0.500. The largest absolute Gasteiger partial charge is 0.326 e. The molecule has 1 saturated heterocycles. The van der Waals surface area contributed by atoms with Gasteiger partial charge < -0.3 is 10.6 Å². The maximum absolute atomic E-state index is 12.1. The summed E-state index contributed by atoms with van der Waals surface area (Å²) in [6.07, 6.45) is 0.591. The Balaban J connectivity index is 2.15. The molecule has 1 amide bonds. The van der Waals surface area contributed by atoms with Crippen molar-refractivity contribution in [2.24, 2.45) is 11.8 Å². The van der Waals surface area contributed by atoms with Gasteiger partial charge >= 0.3 is 0 Å². The Hall–Kier alpha value is -1.95. The fourth-order valence-corrected chi connectivity index (χ4v) is 2.51. The Morgan fingerprint density at radius 2 is 2.25 bits per heavy atom. The highest BCUT2D eigenvalue weighted by molar-refractivity contribution is 5.93. The lowest BCUT2D eigenvalue weighted by Crippen LogP contribution is -2.27. The van der Waals surface area contributed by atoms with Crippen molar-refractivity contribution in [3.63, 3.8) is 0 Å². The van der Waals surface area contributed by atoms with Gasteiger partial charge in [-0.1, -0.05) is 19.9 Å². The van der Waals surface area contributed by atoms with Gasteiger partial charge in [0, 0.05) is 23.9 Å². The average Bonchev–Trinajstić information content (AvgIpc) is 2.85. The summed E-state index contributed by atoms with van der Waals surface area (Å²) < 4.78 is 0. The molecule has 2 unspecified atom stereocenters. The Kier molecular flexibility index (Phi) is 4.34. The highest BCUT2D eigenvalue weighted by Gasteiger charge is 2.29. The SMILES string of the molecule is CCc1ccc(NC(=O)C2CNCC2C)cc1[N+](=O)[O-]. The maximum atomic E-state index is 12.1. The van der Waals surface area contributed by atoms with Crippen LogP contribution in [0.2, 0.25) is 0 Å². The minimum atomic E-state index is -0.408. The fourth-order valence-electron chi connectivity index (χ4n) is 2.51. The third kappa shape index (κ3) is 2.96. The highest BCUT2D eigenvalue weighted by atomic mass is 16.6. The molecule has 6 nitrogen and oxygen atoms in total. The van der Waals surface area contributed by atoms with Gasteiger partial charge in [-0.3, -0.25) is 14.9 Å². The summed E-state index contributed by atoms with van der Waals surface area (Å²) >= 11 is 0. The van der Waals surface area contributed by atoms with Crippen molar-refractivity contribution < 1.29 is 9.72 Å². The molecule has 0 saturated carbocycles. The number of nitrogens with zero attached hydrogens (tertiary/aromatic N) is 1. The van der Waals surface area contributed by atoms with E-state index in [2.05, 4.69) is 10.6 Å². The average molecular weight is 277 g/mol. The Morgan fingerprint density at radius 1 is 1.50 bits per heavy atom. The summed E-state index contributed by atoms with van der Waals surface area (Å²) in [6.45, 7) is 5.37. The highest BCUT2D eigenvalue weighted by Crippen LogP contribution is 2.25. The first-order valence-electron chi connectivity index (χ1n) is 6.81. The Bertz CT molecular complexity index is 530. The predicted molar refractivity (Wildman–Crippen MR) is 76.6 cm³/mol. The van der Waals surface area contributed by atoms with Crippen LogP contribution in [0.5, 0.6) is 0 Å². The van der Waals surface area contributed by atoms with E-state index in [1.807, 2.05) is 13.8 Å². The number of nitro groups is 1. The summed E-state index contributed by atoms with van der Waals surface area (Å²) in [5.41, 5.74) is 1.21. The molecule has 2 N–H and O–H groups in total. The predicted octanol–water partition coefficient (Wildman–Crippen LogP) is 1.95. The van der Waals surface area contributed by atoms with Crippen LogP contribution in [0.4, 0.5) is 11.4 Å². The van der Waals surface area contributed by atoms with E-state index in [-0.39, 0.29) is 23.4 Å². The van der Waals surface area contributed by atoms with Crippen LogP contribution >= 0.6 is 0 Å². The van der Waals surface area contributed by atoms with Gasteiger partial charge in [-0.25, -0.2) is 0 Å². The molecule has 1 fully saturated rings. The minimum Gasteiger partial charge on any atom is -0.326 e. The summed E-state index contributed by atoms with van der Waals surface area (Å²) in [6, 6.07) is 4.85. The summed E-state index contributed by atoms with van der Waals surface area (Å²) in [4.78, 5) is 22.7. The molecule has 0 aliphatic carbocycles. The van der Waals surface area contributed by atoms with Crippen LogP contribution in [0.3, 0.4) is 0 Å². The molecule has 1 aliphatic rings. The molecular formula is C14H19N3O3. The lowest BCUT2D eigenvalue weighted by Gasteiger charge is -2.14. The van der Waals surface area contributed by atoms with Gasteiger partial charge in [-0.05, 0) is 24.9 Å². The zero-order valence-corrected chi connectivity index (χ0v) is 11.7. The molecule has 0 spiro atoms. The van der Waals surface area contributed by atoms with E-state index in [1.165, 1.54) is 6.07 Å². The number of carbonyl (C=O) groups is 1. The van der Waals surface area contributed by atoms with E-state index >= 15 is 0 Å². The molecule has 1 aromatic rings. The third-order valence-corrected chi connectivity index (χ3v) is 3.78. The van der Waals surface area contributed by atoms with Gasteiger partial charge in [-0.15, -0.1) is 0 Å². The van der Waals surface area contributed by atoms with Crippen molar-refractivity contribution in [3.8, 4) is 0 Å². The molecule has 2 atom stereocenters. The number of anilines is 1. The first-order valence-corrected chi connectivity index (χ1v) is 6.81. The lowest BCUT2D eigenvalue weighted by atomic mass is 9.97. The van der Waals surface area contributed by atoms with Crippen molar-refractivity contribution in [3.05, 3.63) is 33.9 Å². The number of benzene rings is 1. The van der Waals surface area contributed by atoms with Crippen LogP contribution in [0.1, 0.15) is 19.4 Å². The number of amides is 1. The molecule has 2 rings (SSSR count). The quantitative estimate of drug-likeness (QED) is 0.650. The van der Waals surface area contributed by atoms with Crippen molar-refractivity contribution in [2.45, 2.75) is 20.3 Å². The van der Waals surface area contributed by atoms with Crippen LogP contribution in [0.25, 0.3) is 0 Å². The number of hydrogen-bond acceptors (Lipinski definition) is 4. The van der Waals surface area contributed by atoms with Gasteiger partial charge in [0.2, 0.25) is 5.91 Å².